The lowest BCUT2D eigenvalue weighted by Crippen LogP contribution is -2.37. The smallest absolute Gasteiger partial charge is 0.239 e. The van der Waals surface area contributed by atoms with E-state index in [1.165, 1.54) is 18.1 Å². The molecule has 0 unspecified atom stereocenters. The number of para-hydroxylation sites is 1. The Hall–Kier alpha value is -2.61. The quantitative estimate of drug-likeness (QED) is 0.496. The third-order valence-corrected chi connectivity index (χ3v) is 4.45. The molecule has 0 saturated carbocycles. The lowest BCUT2D eigenvalue weighted by molar-refractivity contribution is -0.124. The summed E-state index contributed by atoms with van der Waals surface area (Å²) in [5, 5.41) is 6.81. The summed E-state index contributed by atoms with van der Waals surface area (Å²) >= 11 is 1.25. The Labute approximate surface area is 148 Å². The molecule has 0 fully saturated rings. The van der Waals surface area contributed by atoms with E-state index in [9.17, 15) is 9.59 Å². The number of fused-ring (bicyclic) bond motifs is 3. The lowest BCUT2D eigenvalue weighted by atomic mass is 10.2. The van der Waals surface area contributed by atoms with Crippen LogP contribution in [0.3, 0.4) is 0 Å². The molecule has 130 valence electrons. The predicted molar refractivity (Wildman–Crippen MR) is 96.3 cm³/mol. The van der Waals surface area contributed by atoms with Gasteiger partial charge in [0.25, 0.3) is 0 Å². The first-order valence-corrected chi connectivity index (χ1v) is 8.96. The van der Waals surface area contributed by atoms with Crippen molar-refractivity contribution in [2.24, 2.45) is 0 Å². The predicted octanol–water partition coefficient (Wildman–Crippen LogP) is 2.11. The molecule has 7 nitrogen and oxygen atoms in total. The van der Waals surface area contributed by atoms with Crippen molar-refractivity contribution in [2.75, 3.05) is 18.8 Å². The molecule has 0 saturated heterocycles. The largest absolute Gasteiger partial charge is 0.451 e. The van der Waals surface area contributed by atoms with Crippen LogP contribution in [0.5, 0.6) is 0 Å². The maximum atomic E-state index is 11.9. The van der Waals surface area contributed by atoms with Crippen molar-refractivity contribution in [1.82, 2.24) is 20.6 Å². The monoisotopic (exact) mass is 358 g/mol. The summed E-state index contributed by atoms with van der Waals surface area (Å²) in [6.07, 6.45) is 2.32. The van der Waals surface area contributed by atoms with Crippen LogP contribution in [0, 0.1) is 0 Å². The van der Waals surface area contributed by atoms with Crippen LogP contribution in [0.25, 0.3) is 22.1 Å². The topological polar surface area (TPSA) is 97.1 Å². The molecule has 0 spiro atoms. The van der Waals surface area contributed by atoms with Crippen molar-refractivity contribution in [3.8, 4) is 0 Å². The Morgan fingerprint density at radius 1 is 1.16 bits per heavy atom. The molecule has 2 heterocycles. The van der Waals surface area contributed by atoms with Crippen LogP contribution < -0.4 is 10.6 Å². The van der Waals surface area contributed by atoms with Gasteiger partial charge in [0.1, 0.15) is 22.5 Å². The molecule has 2 N–H and O–H groups in total. The number of hydrogen-bond acceptors (Lipinski definition) is 6. The molecule has 1 aromatic carbocycles. The van der Waals surface area contributed by atoms with Gasteiger partial charge in [-0.05, 0) is 18.6 Å². The van der Waals surface area contributed by atoms with Crippen LogP contribution in [0.2, 0.25) is 0 Å². The number of rotatable bonds is 7. The zero-order valence-electron chi connectivity index (χ0n) is 13.7. The minimum Gasteiger partial charge on any atom is -0.451 e. The Morgan fingerprint density at radius 2 is 2.00 bits per heavy atom. The van der Waals surface area contributed by atoms with E-state index in [4.69, 9.17) is 4.42 Å². The Balaban J connectivity index is 1.63. The van der Waals surface area contributed by atoms with Crippen molar-refractivity contribution >= 4 is 45.6 Å². The minimum absolute atomic E-state index is 0.0246. The van der Waals surface area contributed by atoms with Crippen LogP contribution in [0.15, 0.2) is 40.0 Å². The number of nitrogens with zero attached hydrogens (tertiary/aromatic N) is 2. The number of aromatic nitrogens is 2. The zero-order chi connectivity index (χ0) is 17.6. The number of hydrogen-bond donors (Lipinski definition) is 2. The number of carbonyl (C=O) groups is 2. The van der Waals surface area contributed by atoms with Gasteiger partial charge in [0.05, 0.1) is 12.3 Å². The second kappa shape index (κ2) is 7.98. The Morgan fingerprint density at radius 3 is 2.84 bits per heavy atom. The van der Waals surface area contributed by atoms with Crippen LogP contribution >= 0.6 is 11.8 Å². The summed E-state index contributed by atoms with van der Waals surface area (Å²) < 4.78 is 5.82. The van der Waals surface area contributed by atoms with Gasteiger partial charge in [-0.3, -0.25) is 9.59 Å². The van der Waals surface area contributed by atoms with Crippen LogP contribution in [-0.4, -0.2) is 40.6 Å². The van der Waals surface area contributed by atoms with Crippen LogP contribution in [0.1, 0.15) is 13.3 Å². The number of carbonyl (C=O) groups excluding carboxylic acids is 2. The van der Waals surface area contributed by atoms with Crippen molar-refractivity contribution < 1.29 is 14.0 Å². The van der Waals surface area contributed by atoms with E-state index < -0.39 is 0 Å². The molecular weight excluding hydrogens is 340 g/mol. The summed E-state index contributed by atoms with van der Waals surface area (Å²) in [5.41, 5.74) is 2.03. The van der Waals surface area contributed by atoms with Gasteiger partial charge in [0, 0.05) is 11.9 Å². The number of nitrogens with one attached hydrogen (secondary N) is 2. The Kier molecular flexibility index (Phi) is 5.49. The van der Waals surface area contributed by atoms with Crippen LogP contribution in [-0.2, 0) is 9.59 Å². The van der Waals surface area contributed by atoms with E-state index in [0.717, 1.165) is 22.9 Å². The molecular formula is C17H18N4O3S. The first-order chi connectivity index (χ1) is 12.2. The zero-order valence-corrected chi connectivity index (χ0v) is 14.6. The molecule has 0 radical (unpaired) electrons. The van der Waals surface area contributed by atoms with Gasteiger partial charge < -0.3 is 15.1 Å². The van der Waals surface area contributed by atoms with Crippen molar-refractivity contribution in [2.45, 2.75) is 18.4 Å². The maximum Gasteiger partial charge on any atom is 0.239 e. The molecule has 3 rings (SSSR count). The van der Waals surface area contributed by atoms with Gasteiger partial charge in [-0.25, -0.2) is 9.97 Å². The molecule has 0 aliphatic heterocycles. The summed E-state index contributed by atoms with van der Waals surface area (Å²) in [5.74, 6) is -0.286. The van der Waals surface area contributed by atoms with Gasteiger partial charge in [0.15, 0.2) is 5.58 Å². The van der Waals surface area contributed by atoms with E-state index >= 15 is 0 Å². The van der Waals surface area contributed by atoms with Gasteiger partial charge in [0.2, 0.25) is 11.8 Å². The van der Waals surface area contributed by atoms with E-state index in [1.54, 1.807) is 0 Å². The average Bonchev–Trinajstić information content (AvgIpc) is 3.02. The van der Waals surface area contributed by atoms with Crippen molar-refractivity contribution in [1.29, 1.82) is 0 Å². The SMILES string of the molecule is CCCNC(=O)CNC(=O)CSc1ncnc2c1oc1ccccc12. The molecule has 0 aliphatic rings. The molecule has 2 amide bonds. The second-order valence-electron chi connectivity index (χ2n) is 5.37. The highest BCUT2D eigenvalue weighted by molar-refractivity contribution is 8.00. The molecule has 2 aromatic heterocycles. The summed E-state index contributed by atoms with van der Waals surface area (Å²) in [6.45, 7) is 2.55. The number of benzene rings is 1. The second-order valence-corrected chi connectivity index (χ2v) is 6.33. The summed E-state index contributed by atoms with van der Waals surface area (Å²) in [6, 6.07) is 7.61. The van der Waals surface area contributed by atoms with Crippen molar-refractivity contribution in [3.05, 3.63) is 30.6 Å². The van der Waals surface area contributed by atoms with Crippen LogP contribution in [0.4, 0.5) is 0 Å². The third-order valence-electron chi connectivity index (χ3n) is 3.48. The number of amides is 2. The fraction of sp³-hybridized carbons (Fsp3) is 0.294. The molecule has 25 heavy (non-hydrogen) atoms. The molecule has 0 atom stereocenters. The van der Waals surface area contributed by atoms with E-state index in [-0.39, 0.29) is 24.1 Å². The first-order valence-electron chi connectivity index (χ1n) is 7.97. The summed E-state index contributed by atoms with van der Waals surface area (Å²) in [4.78, 5) is 31.9. The molecule has 3 aromatic rings. The highest BCUT2D eigenvalue weighted by Crippen LogP contribution is 2.32. The van der Waals surface area contributed by atoms with E-state index in [2.05, 4.69) is 20.6 Å². The molecule has 0 aliphatic carbocycles. The normalized spacial score (nSPS) is 10.9. The van der Waals surface area contributed by atoms with E-state index in [0.29, 0.717) is 17.2 Å². The molecule has 8 heteroatoms. The van der Waals surface area contributed by atoms with Crippen molar-refractivity contribution in [3.63, 3.8) is 0 Å². The standard InChI is InChI=1S/C17H18N4O3S/c1-2-7-18-13(22)8-19-14(23)9-25-17-16-15(20-10-21-17)11-5-3-4-6-12(11)24-16/h3-6,10H,2,7-9H2,1H3,(H,18,22)(H,19,23). The van der Waals surface area contributed by atoms with Gasteiger partial charge in [-0.2, -0.15) is 0 Å². The van der Waals surface area contributed by atoms with Gasteiger partial charge in [-0.1, -0.05) is 30.8 Å². The minimum atomic E-state index is -0.237. The lowest BCUT2D eigenvalue weighted by Gasteiger charge is -2.05. The molecule has 0 bridgehead atoms. The average molecular weight is 358 g/mol. The fourth-order valence-electron chi connectivity index (χ4n) is 2.30. The highest BCUT2D eigenvalue weighted by Gasteiger charge is 2.14. The first kappa shape index (κ1) is 17.2. The fourth-order valence-corrected chi connectivity index (χ4v) is 3.06. The van der Waals surface area contributed by atoms with Gasteiger partial charge >= 0.3 is 0 Å². The maximum absolute atomic E-state index is 11.9. The number of thioether (sulfide) groups is 1. The van der Waals surface area contributed by atoms with Gasteiger partial charge in [-0.15, -0.1) is 0 Å². The Bertz CT molecular complexity index is 909. The third kappa shape index (κ3) is 4.08. The highest BCUT2D eigenvalue weighted by atomic mass is 32.2. The number of furan rings is 1. The van der Waals surface area contributed by atoms with E-state index in [1.807, 2.05) is 31.2 Å². The summed E-state index contributed by atoms with van der Waals surface area (Å²) in [7, 11) is 0.